The summed E-state index contributed by atoms with van der Waals surface area (Å²) in [5.41, 5.74) is 0.912. The van der Waals surface area contributed by atoms with Crippen LogP contribution in [0.15, 0.2) is 12.2 Å². The fraction of sp³-hybridized carbons (Fsp3) is 0.667. The number of hydrogen-bond acceptors (Lipinski definition) is 2. The van der Waals surface area contributed by atoms with Gasteiger partial charge in [-0.2, -0.15) is 0 Å². The average Bonchev–Trinajstić information content (AvgIpc) is 1.68. The molecule has 0 rings (SSSR count). The van der Waals surface area contributed by atoms with Crippen LogP contribution in [0, 0.1) is 0 Å². The molecule has 0 aliphatic heterocycles. The summed E-state index contributed by atoms with van der Waals surface area (Å²) in [6.45, 7) is 3.89. The highest BCUT2D eigenvalue weighted by atomic mass is 16.3. The van der Waals surface area contributed by atoms with Crippen LogP contribution >= 0.6 is 0 Å². The standard InChI is InChI=1S/C6H12O2/c1-6(2-4-7)3-5-8/h7-8H,1-5H2. The van der Waals surface area contributed by atoms with E-state index in [4.69, 9.17) is 10.2 Å². The van der Waals surface area contributed by atoms with E-state index in [0.717, 1.165) is 5.57 Å². The molecule has 0 aromatic rings. The Morgan fingerprint density at radius 1 is 1.12 bits per heavy atom. The van der Waals surface area contributed by atoms with Crippen molar-refractivity contribution in [2.45, 2.75) is 12.8 Å². The van der Waals surface area contributed by atoms with Crippen molar-refractivity contribution in [3.8, 4) is 0 Å². The van der Waals surface area contributed by atoms with Gasteiger partial charge in [-0.25, -0.2) is 0 Å². The van der Waals surface area contributed by atoms with Crippen LogP contribution in [-0.2, 0) is 0 Å². The van der Waals surface area contributed by atoms with E-state index in [1.807, 2.05) is 0 Å². The molecule has 2 N–H and O–H groups in total. The first-order chi connectivity index (χ1) is 3.81. The van der Waals surface area contributed by atoms with Crippen LogP contribution < -0.4 is 0 Å². The zero-order chi connectivity index (χ0) is 6.41. The van der Waals surface area contributed by atoms with Crippen LogP contribution in [0.5, 0.6) is 0 Å². The van der Waals surface area contributed by atoms with E-state index in [-0.39, 0.29) is 13.2 Å². The summed E-state index contributed by atoms with van der Waals surface area (Å²) in [5, 5.41) is 16.6. The van der Waals surface area contributed by atoms with Gasteiger partial charge in [-0.1, -0.05) is 12.2 Å². The van der Waals surface area contributed by atoms with Crippen molar-refractivity contribution in [3.05, 3.63) is 12.2 Å². The number of aliphatic hydroxyl groups excluding tert-OH is 2. The van der Waals surface area contributed by atoms with Gasteiger partial charge >= 0.3 is 0 Å². The molecule has 0 heterocycles. The van der Waals surface area contributed by atoms with Crippen LogP contribution in [0.1, 0.15) is 12.8 Å². The van der Waals surface area contributed by atoms with Gasteiger partial charge in [0.2, 0.25) is 0 Å². The van der Waals surface area contributed by atoms with Gasteiger partial charge in [-0.3, -0.25) is 0 Å². The first-order valence-corrected chi connectivity index (χ1v) is 2.69. The Kier molecular flexibility index (Phi) is 4.61. The molecular weight excluding hydrogens is 104 g/mol. The van der Waals surface area contributed by atoms with Gasteiger partial charge in [0, 0.05) is 13.2 Å². The largest absolute Gasteiger partial charge is 0.396 e. The van der Waals surface area contributed by atoms with Gasteiger partial charge in [-0.05, 0) is 12.8 Å². The molecule has 0 saturated carbocycles. The third-order valence-corrected chi connectivity index (χ3v) is 0.931. The fourth-order valence-electron chi connectivity index (χ4n) is 0.441. The highest BCUT2D eigenvalue weighted by Crippen LogP contribution is 2.00. The second-order valence-electron chi connectivity index (χ2n) is 1.70. The summed E-state index contributed by atoms with van der Waals surface area (Å²) in [7, 11) is 0. The lowest BCUT2D eigenvalue weighted by Crippen LogP contribution is -1.90. The van der Waals surface area contributed by atoms with Gasteiger partial charge in [-0.15, -0.1) is 0 Å². The molecule has 8 heavy (non-hydrogen) atoms. The first-order valence-electron chi connectivity index (χ1n) is 2.69. The zero-order valence-electron chi connectivity index (χ0n) is 4.93. The minimum absolute atomic E-state index is 0.138. The van der Waals surface area contributed by atoms with Gasteiger partial charge in [0.15, 0.2) is 0 Å². The van der Waals surface area contributed by atoms with Crippen molar-refractivity contribution in [1.82, 2.24) is 0 Å². The lowest BCUT2D eigenvalue weighted by molar-refractivity contribution is 0.281. The minimum atomic E-state index is 0.138. The van der Waals surface area contributed by atoms with Gasteiger partial charge < -0.3 is 10.2 Å². The van der Waals surface area contributed by atoms with Crippen molar-refractivity contribution < 1.29 is 10.2 Å². The summed E-state index contributed by atoms with van der Waals surface area (Å²) >= 11 is 0. The Morgan fingerprint density at radius 2 is 1.50 bits per heavy atom. The summed E-state index contributed by atoms with van der Waals surface area (Å²) in [6, 6.07) is 0. The second kappa shape index (κ2) is 4.81. The van der Waals surface area contributed by atoms with Crippen molar-refractivity contribution in [2.24, 2.45) is 0 Å². The van der Waals surface area contributed by atoms with Crippen LogP contribution in [0.3, 0.4) is 0 Å². The minimum Gasteiger partial charge on any atom is -0.396 e. The first kappa shape index (κ1) is 7.66. The molecular formula is C6H12O2. The molecule has 0 spiro atoms. The predicted molar refractivity (Wildman–Crippen MR) is 32.5 cm³/mol. The van der Waals surface area contributed by atoms with E-state index >= 15 is 0 Å². The molecule has 0 fully saturated rings. The van der Waals surface area contributed by atoms with E-state index in [0.29, 0.717) is 12.8 Å². The lowest BCUT2D eigenvalue weighted by atomic mass is 10.2. The zero-order valence-corrected chi connectivity index (χ0v) is 4.93. The lowest BCUT2D eigenvalue weighted by Gasteiger charge is -1.97. The Hall–Kier alpha value is -0.340. The number of hydrogen-bond donors (Lipinski definition) is 2. The molecule has 2 heteroatoms. The van der Waals surface area contributed by atoms with Crippen molar-refractivity contribution in [2.75, 3.05) is 13.2 Å². The van der Waals surface area contributed by atoms with Crippen molar-refractivity contribution in [3.63, 3.8) is 0 Å². The molecule has 0 aliphatic carbocycles. The SMILES string of the molecule is C=C(CCO)CCO. The van der Waals surface area contributed by atoms with E-state index in [1.54, 1.807) is 0 Å². The molecule has 0 aliphatic rings. The smallest absolute Gasteiger partial charge is 0.0468 e. The summed E-state index contributed by atoms with van der Waals surface area (Å²) < 4.78 is 0. The topological polar surface area (TPSA) is 40.5 Å². The summed E-state index contributed by atoms with van der Waals surface area (Å²) in [5.74, 6) is 0. The van der Waals surface area contributed by atoms with Gasteiger partial charge in [0.25, 0.3) is 0 Å². The van der Waals surface area contributed by atoms with Crippen LogP contribution in [0.4, 0.5) is 0 Å². The summed E-state index contributed by atoms with van der Waals surface area (Å²) in [4.78, 5) is 0. The maximum atomic E-state index is 8.32. The fourth-order valence-corrected chi connectivity index (χ4v) is 0.441. The highest BCUT2D eigenvalue weighted by Gasteiger charge is 1.89. The summed E-state index contributed by atoms with van der Waals surface area (Å²) in [6.07, 6.45) is 1.22. The Labute approximate surface area is 49.5 Å². The van der Waals surface area contributed by atoms with E-state index < -0.39 is 0 Å². The molecule has 0 atom stereocenters. The number of aliphatic hydroxyl groups is 2. The Bertz CT molecular complexity index is 60.9. The molecule has 0 saturated heterocycles. The van der Waals surface area contributed by atoms with Crippen LogP contribution in [-0.4, -0.2) is 23.4 Å². The van der Waals surface area contributed by atoms with E-state index in [1.165, 1.54) is 0 Å². The molecule has 0 radical (unpaired) electrons. The van der Waals surface area contributed by atoms with Crippen molar-refractivity contribution >= 4 is 0 Å². The molecule has 48 valence electrons. The molecule has 2 nitrogen and oxygen atoms in total. The molecule has 0 unspecified atom stereocenters. The maximum Gasteiger partial charge on any atom is 0.0468 e. The van der Waals surface area contributed by atoms with Crippen LogP contribution in [0.25, 0.3) is 0 Å². The van der Waals surface area contributed by atoms with Crippen molar-refractivity contribution in [1.29, 1.82) is 0 Å². The Balaban J connectivity index is 3.06. The average molecular weight is 116 g/mol. The normalized spacial score (nSPS) is 9.25. The molecule has 0 aromatic heterocycles. The second-order valence-corrected chi connectivity index (χ2v) is 1.70. The van der Waals surface area contributed by atoms with Crippen LogP contribution in [0.2, 0.25) is 0 Å². The van der Waals surface area contributed by atoms with E-state index in [2.05, 4.69) is 6.58 Å². The highest BCUT2D eigenvalue weighted by molar-refractivity contribution is 4.92. The molecule has 0 aromatic carbocycles. The monoisotopic (exact) mass is 116 g/mol. The van der Waals surface area contributed by atoms with Gasteiger partial charge in [0.1, 0.15) is 0 Å². The quantitative estimate of drug-likeness (QED) is 0.519. The number of rotatable bonds is 4. The maximum absolute atomic E-state index is 8.32. The molecule has 0 amide bonds. The Morgan fingerprint density at radius 3 is 1.75 bits per heavy atom. The third kappa shape index (κ3) is 3.84. The molecule has 0 bridgehead atoms. The third-order valence-electron chi connectivity index (χ3n) is 0.931. The van der Waals surface area contributed by atoms with E-state index in [9.17, 15) is 0 Å². The van der Waals surface area contributed by atoms with Gasteiger partial charge in [0.05, 0.1) is 0 Å². The predicted octanol–water partition coefficient (Wildman–Crippen LogP) is 0.307.